The molecule has 1 aromatic carbocycles. The molecule has 0 bridgehead atoms. The summed E-state index contributed by atoms with van der Waals surface area (Å²) in [6.45, 7) is 9.65. The molecule has 0 aromatic heterocycles. The second-order valence-electron chi connectivity index (χ2n) is 9.04. The van der Waals surface area contributed by atoms with Crippen molar-refractivity contribution in [2.45, 2.75) is 38.6 Å². The van der Waals surface area contributed by atoms with Crippen LogP contribution >= 0.6 is 0 Å². The van der Waals surface area contributed by atoms with E-state index in [-0.39, 0.29) is 0 Å². The van der Waals surface area contributed by atoms with E-state index in [0.717, 1.165) is 37.2 Å². The maximum Gasteiger partial charge on any atom is 0.231 e. The molecule has 1 unspecified atom stereocenters. The van der Waals surface area contributed by atoms with Gasteiger partial charge in [0.25, 0.3) is 0 Å². The van der Waals surface area contributed by atoms with Gasteiger partial charge in [-0.1, -0.05) is 6.07 Å². The Hall–Kier alpha value is -1.30. The number of fused-ring (bicyclic) bond motifs is 1. The molecule has 3 saturated heterocycles. The zero-order valence-electron chi connectivity index (χ0n) is 16.3. The summed E-state index contributed by atoms with van der Waals surface area (Å²) in [6, 6.07) is 6.40. The second kappa shape index (κ2) is 7.61. The molecular formula is C22H32N2O3. The lowest BCUT2D eigenvalue weighted by atomic mass is 9.79. The number of likely N-dealkylation sites (tertiary alicyclic amines) is 2. The lowest BCUT2D eigenvalue weighted by Gasteiger charge is -2.42. The van der Waals surface area contributed by atoms with Crippen molar-refractivity contribution >= 4 is 0 Å². The Morgan fingerprint density at radius 3 is 2.74 bits per heavy atom. The molecule has 5 nitrogen and oxygen atoms in total. The van der Waals surface area contributed by atoms with E-state index in [2.05, 4.69) is 28.0 Å². The highest BCUT2D eigenvalue weighted by atomic mass is 16.7. The molecule has 0 amide bonds. The van der Waals surface area contributed by atoms with Gasteiger partial charge in [-0.2, -0.15) is 0 Å². The van der Waals surface area contributed by atoms with Crippen molar-refractivity contribution in [2.75, 3.05) is 52.7 Å². The quantitative estimate of drug-likeness (QED) is 0.811. The van der Waals surface area contributed by atoms with Gasteiger partial charge in [-0.25, -0.2) is 0 Å². The Kier molecular flexibility index (Phi) is 5.01. The fraction of sp³-hybridized carbons (Fsp3) is 0.727. The molecule has 3 fully saturated rings. The largest absolute Gasteiger partial charge is 0.454 e. The van der Waals surface area contributed by atoms with Crippen molar-refractivity contribution in [3.8, 4) is 11.5 Å². The number of nitrogens with zero attached hydrogens (tertiary/aromatic N) is 2. The van der Waals surface area contributed by atoms with Crippen LogP contribution in [0.25, 0.3) is 0 Å². The molecule has 0 N–H and O–H groups in total. The van der Waals surface area contributed by atoms with Gasteiger partial charge >= 0.3 is 0 Å². The molecule has 27 heavy (non-hydrogen) atoms. The van der Waals surface area contributed by atoms with Gasteiger partial charge in [0, 0.05) is 39.4 Å². The molecule has 5 rings (SSSR count). The summed E-state index contributed by atoms with van der Waals surface area (Å²) in [7, 11) is 0. The van der Waals surface area contributed by atoms with Crippen molar-refractivity contribution in [1.29, 1.82) is 0 Å². The predicted molar refractivity (Wildman–Crippen MR) is 104 cm³/mol. The Balaban J connectivity index is 1.18. The molecular weight excluding hydrogens is 340 g/mol. The van der Waals surface area contributed by atoms with E-state index in [1.54, 1.807) is 0 Å². The van der Waals surface area contributed by atoms with Gasteiger partial charge in [-0.05, 0) is 74.2 Å². The van der Waals surface area contributed by atoms with Crippen LogP contribution in [0, 0.1) is 11.3 Å². The third-order valence-corrected chi connectivity index (χ3v) is 6.96. The minimum atomic E-state index is 0.356. The van der Waals surface area contributed by atoms with Crippen LogP contribution in [-0.2, 0) is 11.3 Å². The smallest absolute Gasteiger partial charge is 0.231 e. The Morgan fingerprint density at radius 2 is 1.81 bits per heavy atom. The summed E-state index contributed by atoms with van der Waals surface area (Å²) in [5.74, 6) is 2.63. The van der Waals surface area contributed by atoms with Crippen molar-refractivity contribution < 1.29 is 14.2 Å². The fourth-order valence-electron chi connectivity index (χ4n) is 5.55. The third kappa shape index (κ3) is 3.96. The lowest BCUT2D eigenvalue weighted by Crippen LogP contribution is -2.46. The summed E-state index contributed by atoms with van der Waals surface area (Å²) in [5, 5.41) is 0. The molecule has 1 spiro atoms. The van der Waals surface area contributed by atoms with E-state index in [9.17, 15) is 0 Å². The Bertz CT molecular complexity index is 661. The highest BCUT2D eigenvalue weighted by Crippen LogP contribution is 2.40. The highest BCUT2D eigenvalue weighted by molar-refractivity contribution is 5.44. The summed E-state index contributed by atoms with van der Waals surface area (Å²) >= 11 is 0. The van der Waals surface area contributed by atoms with Crippen LogP contribution in [0.2, 0.25) is 0 Å². The fourth-order valence-corrected chi connectivity index (χ4v) is 5.55. The van der Waals surface area contributed by atoms with Crippen molar-refractivity contribution in [3.05, 3.63) is 23.8 Å². The molecule has 148 valence electrons. The van der Waals surface area contributed by atoms with Gasteiger partial charge in [0.05, 0.1) is 0 Å². The molecule has 1 atom stereocenters. The minimum Gasteiger partial charge on any atom is -0.454 e. The first kappa shape index (κ1) is 17.8. The van der Waals surface area contributed by atoms with E-state index in [4.69, 9.17) is 14.2 Å². The Morgan fingerprint density at radius 1 is 0.963 bits per heavy atom. The summed E-state index contributed by atoms with van der Waals surface area (Å²) in [6.07, 6.45) is 6.61. The Labute approximate surface area is 162 Å². The van der Waals surface area contributed by atoms with E-state index in [0.29, 0.717) is 12.2 Å². The van der Waals surface area contributed by atoms with Gasteiger partial charge in [0.2, 0.25) is 6.79 Å². The molecule has 0 saturated carbocycles. The average Bonchev–Trinajstić information content (AvgIpc) is 3.30. The summed E-state index contributed by atoms with van der Waals surface area (Å²) < 4.78 is 16.5. The predicted octanol–water partition coefficient (Wildman–Crippen LogP) is 3.13. The number of hydrogen-bond donors (Lipinski definition) is 0. The summed E-state index contributed by atoms with van der Waals surface area (Å²) in [5.41, 5.74) is 1.85. The zero-order valence-corrected chi connectivity index (χ0v) is 16.3. The molecule has 4 heterocycles. The molecule has 0 radical (unpaired) electrons. The molecule has 0 aliphatic carbocycles. The van der Waals surface area contributed by atoms with Crippen LogP contribution in [0.5, 0.6) is 11.5 Å². The third-order valence-electron chi connectivity index (χ3n) is 6.96. The van der Waals surface area contributed by atoms with E-state index < -0.39 is 0 Å². The average molecular weight is 373 g/mol. The van der Waals surface area contributed by atoms with Crippen LogP contribution in [0.1, 0.15) is 37.7 Å². The van der Waals surface area contributed by atoms with Gasteiger partial charge in [0.15, 0.2) is 11.5 Å². The number of rotatable bonds is 4. The molecule has 4 aliphatic heterocycles. The topological polar surface area (TPSA) is 34.2 Å². The van der Waals surface area contributed by atoms with Gasteiger partial charge < -0.3 is 19.1 Å². The van der Waals surface area contributed by atoms with E-state index in [1.807, 2.05) is 0 Å². The number of hydrogen-bond acceptors (Lipinski definition) is 5. The molecule has 5 heteroatoms. The second-order valence-corrected chi connectivity index (χ2v) is 9.04. The SMILES string of the molecule is c1cc2c(cc1CN1CCC3(CCCN(CC4CCOCC4)C3)C1)OCO2. The first-order valence-corrected chi connectivity index (χ1v) is 10.7. The van der Waals surface area contributed by atoms with Crippen LogP contribution in [0.4, 0.5) is 0 Å². The number of ether oxygens (including phenoxy) is 3. The monoisotopic (exact) mass is 372 g/mol. The van der Waals surface area contributed by atoms with E-state index in [1.165, 1.54) is 70.4 Å². The number of benzene rings is 1. The first-order chi connectivity index (χ1) is 13.3. The van der Waals surface area contributed by atoms with E-state index >= 15 is 0 Å². The highest BCUT2D eigenvalue weighted by Gasteiger charge is 2.41. The van der Waals surface area contributed by atoms with Crippen LogP contribution in [-0.4, -0.2) is 62.5 Å². The number of piperidine rings is 1. The van der Waals surface area contributed by atoms with Gasteiger partial charge in [0.1, 0.15) is 0 Å². The zero-order chi connectivity index (χ0) is 18.1. The first-order valence-electron chi connectivity index (χ1n) is 10.7. The lowest BCUT2D eigenvalue weighted by molar-refractivity contribution is 0.0312. The van der Waals surface area contributed by atoms with Crippen LogP contribution in [0.15, 0.2) is 18.2 Å². The van der Waals surface area contributed by atoms with Crippen molar-refractivity contribution in [3.63, 3.8) is 0 Å². The molecule has 1 aromatic rings. The maximum absolute atomic E-state index is 5.54. The van der Waals surface area contributed by atoms with Crippen LogP contribution < -0.4 is 9.47 Å². The normalized spacial score (nSPS) is 29.6. The minimum absolute atomic E-state index is 0.356. The summed E-state index contributed by atoms with van der Waals surface area (Å²) in [4.78, 5) is 5.42. The van der Waals surface area contributed by atoms with Crippen molar-refractivity contribution in [2.24, 2.45) is 11.3 Å². The van der Waals surface area contributed by atoms with Crippen molar-refractivity contribution in [1.82, 2.24) is 9.80 Å². The maximum atomic E-state index is 5.54. The standard InChI is InChI=1S/C22H32N2O3/c1-6-22(15-23(8-1)13-18-4-10-25-11-5-18)7-9-24(16-22)14-19-2-3-20-21(12-19)27-17-26-20/h2-3,12,18H,1,4-11,13-17H2. The van der Waals surface area contributed by atoms with Crippen LogP contribution in [0.3, 0.4) is 0 Å². The molecule has 4 aliphatic rings. The van der Waals surface area contributed by atoms with Gasteiger partial charge in [-0.15, -0.1) is 0 Å². The van der Waals surface area contributed by atoms with Gasteiger partial charge in [-0.3, -0.25) is 4.90 Å².